The fourth-order valence-corrected chi connectivity index (χ4v) is 2.64. The van der Waals surface area contributed by atoms with Crippen molar-refractivity contribution in [3.8, 4) is 0 Å². The van der Waals surface area contributed by atoms with Gasteiger partial charge in [0.15, 0.2) is 5.92 Å². The molecule has 0 N–H and O–H groups in total. The van der Waals surface area contributed by atoms with Crippen molar-refractivity contribution in [3.05, 3.63) is 0 Å². The van der Waals surface area contributed by atoms with E-state index in [4.69, 9.17) is 9.47 Å². The van der Waals surface area contributed by atoms with E-state index in [9.17, 15) is 9.59 Å². The Labute approximate surface area is 122 Å². The molecule has 20 heavy (non-hydrogen) atoms. The summed E-state index contributed by atoms with van der Waals surface area (Å²) in [6.45, 7) is 4.63. The maximum absolute atomic E-state index is 12.0. The Morgan fingerprint density at radius 2 is 1.50 bits per heavy atom. The van der Waals surface area contributed by atoms with Crippen molar-refractivity contribution >= 4 is 11.9 Å². The number of rotatable bonds is 9. The maximum Gasteiger partial charge on any atom is 0.320 e. The highest BCUT2D eigenvalue weighted by molar-refractivity contribution is 5.94. The van der Waals surface area contributed by atoms with E-state index < -0.39 is 17.9 Å². The van der Waals surface area contributed by atoms with Crippen LogP contribution in [0.2, 0.25) is 0 Å². The van der Waals surface area contributed by atoms with Gasteiger partial charge in [0.25, 0.3) is 0 Å². The van der Waals surface area contributed by atoms with Gasteiger partial charge in [-0.1, -0.05) is 39.5 Å². The Morgan fingerprint density at radius 1 is 1.00 bits per heavy atom. The zero-order chi connectivity index (χ0) is 14.8. The molecule has 0 bridgehead atoms. The molecule has 0 heterocycles. The molecule has 0 unspecified atom stereocenters. The van der Waals surface area contributed by atoms with Crippen LogP contribution >= 0.6 is 0 Å². The topological polar surface area (TPSA) is 52.6 Å². The molecule has 1 aliphatic carbocycles. The van der Waals surface area contributed by atoms with Crippen LogP contribution in [0.5, 0.6) is 0 Å². The van der Waals surface area contributed by atoms with Gasteiger partial charge in [0.05, 0.1) is 13.2 Å². The van der Waals surface area contributed by atoms with E-state index in [1.165, 1.54) is 25.7 Å². The van der Waals surface area contributed by atoms with Crippen LogP contribution < -0.4 is 0 Å². The molecule has 0 amide bonds. The van der Waals surface area contributed by atoms with Crippen LogP contribution in [0.1, 0.15) is 65.2 Å². The SMILES string of the molecule is CCCOC(=O)C(CCC1CCCC1)C(=O)OCCC. The van der Waals surface area contributed by atoms with Crippen LogP contribution in [-0.2, 0) is 19.1 Å². The lowest BCUT2D eigenvalue weighted by molar-refractivity contribution is -0.162. The van der Waals surface area contributed by atoms with Crippen LogP contribution in [0.15, 0.2) is 0 Å². The van der Waals surface area contributed by atoms with E-state index >= 15 is 0 Å². The lowest BCUT2D eigenvalue weighted by Gasteiger charge is -2.17. The Balaban J connectivity index is 2.47. The Morgan fingerprint density at radius 3 is 1.95 bits per heavy atom. The third-order valence-corrected chi connectivity index (χ3v) is 3.80. The molecule has 0 spiro atoms. The average molecular weight is 284 g/mol. The molecule has 0 aromatic carbocycles. The first kappa shape index (κ1) is 17.0. The highest BCUT2D eigenvalue weighted by Gasteiger charge is 2.30. The smallest absolute Gasteiger partial charge is 0.320 e. The Hall–Kier alpha value is -1.06. The molecule has 0 aromatic rings. The van der Waals surface area contributed by atoms with Crippen LogP contribution in [0.4, 0.5) is 0 Å². The molecule has 0 aromatic heterocycles. The summed E-state index contributed by atoms with van der Waals surface area (Å²) < 4.78 is 10.3. The van der Waals surface area contributed by atoms with Gasteiger partial charge >= 0.3 is 11.9 Å². The van der Waals surface area contributed by atoms with Gasteiger partial charge in [-0.3, -0.25) is 9.59 Å². The number of esters is 2. The Bertz CT molecular complexity index is 275. The van der Waals surface area contributed by atoms with Crippen molar-refractivity contribution in [2.45, 2.75) is 65.2 Å². The minimum atomic E-state index is -0.728. The number of hydrogen-bond donors (Lipinski definition) is 0. The highest BCUT2D eigenvalue weighted by Crippen LogP contribution is 2.30. The largest absolute Gasteiger partial charge is 0.465 e. The van der Waals surface area contributed by atoms with E-state index in [0.29, 0.717) is 25.6 Å². The van der Waals surface area contributed by atoms with Crippen molar-refractivity contribution in [1.29, 1.82) is 0 Å². The van der Waals surface area contributed by atoms with E-state index in [0.717, 1.165) is 19.3 Å². The van der Waals surface area contributed by atoms with E-state index in [2.05, 4.69) is 0 Å². The van der Waals surface area contributed by atoms with Gasteiger partial charge in [0.1, 0.15) is 0 Å². The monoisotopic (exact) mass is 284 g/mol. The van der Waals surface area contributed by atoms with Crippen molar-refractivity contribution in [2.24, 2.45) is 11.8 Å². The van der Waals surface area contributed by atoms with Crippen molar-refractivity contribution in [1.82, 2.24) is 0 Å². The van der Waals surface area contributed by atoms with Gasteiger partial charge < -0.3 is 9.47 Å². The molecule has 116 valence electrons. The minimum absolute atomic E-state index is 0.375. The van der Waals surface area contributed by atoms with Crippen LogP contribution in [0, 0.1) is 11.8 Å². The van der Waals surface area contributed by atoms with Crippen LogP contribution in [-0.4, -0.2) is 25.2 Å². The lowest BCUT2D eigenvalue weighted by Crippen LogP contribution is -2.29. The first-order valence-corrected chi connectivity index (χ1v) is 8.02. The molecular weight excluding hydrogens is 256 g/mol. The minimum Gasteiger partial charge on any atom is -0.465 e. The van der Waals surface area contributed by atoms with E-state index in [1.54, 1.807) is 0 Å². The second-order valence-electron chi connectivity index (χ2n) is 5.62. The zero-order valence-corrected chi connectivity index (χ0v) is 12.9. The molecule has 4 heteroatoms. The van der Waals surface area contributed by atoms with Gasteiger partial charge in [0, 0.05) is 0 Å². The fraction of sp³-hybridized carbons (Fsp3) is 0.875. The number of carbonyl (C=O) groups is 2. The van der Waals surface area contributed by atoms with Crippen LogP contribution in [0.25, 0.3) is 0 Å². The van der Waals surface area contributed by atoms with Gasteiger partial charge in [0.2, 0.25) is 0 Å². The summed E-state index contributed by atoms with van der Waals surface area (Å²) in [5.74, 6) is -0.888. The molecule has 0 aliphatic heterocycles. The molecule has 4 nitrogen and oxygen atoms in total. The molecule has 0 radical (unpaired) electrons. The number of hydrogen-bond acceptors (Lipinski definition) is 4. The molecular formula is C16H28O4. The third kappa shape index (κ3) is 5.93. The lowest BCUT2D eigenvalue weighted by atomic mass is 9.94. The molecule has 0 saturated heterocycles. The number of ether oxygens (including phenoxy) is 2. The second-order valence-corrected chi connectivity index (χ2v) is 5.62. The number of carbonyl (C=O) groups excluding carboxylic acids is 2. The normalized spacial score (nSPS) is 15.6. The molecule has 1 rings (SSSR count). The fourth-order valence-electron chi connectivity index (χ4n) is 2.64. The summed E-state index contributed by atoms with van der Waals surface area (Å²) >= 11 is 0. The summed E-state index contributed by atoms with van der Waals surface area (Å²) in [6, 6.07) is 0. The van der Waals surface area contributed by atoms with Gasteiger partial charge in [-0.25, -0.2) is 0 Å². The summed E-state index contributed by atoms with van der Waals surface area (Å²) in [4.78, 5) is 24.0. The molecule has 1 aliphatic rings. The van der Waals surface area contributed by atoms with Gasteiger partial charge in [-0.2, -0.15) is 0 Å². The van der Waals surface area contributed by atoms with Gasteiger partial charge in [-0.15, -0.1) is 0 Å². The zero-order valence-electron chi connectivity index (χ0n) is 12.9. The predicted molar refractivity (Wildman–Crippen MR) is 77.2 cm³/mol. The van der Waals surface area contributed by atoms with Crippen molar-refractivity contribution in [3.63, 3.8) is 0 Å². The molecule has 0 atom stereocenters. The summed E-state index contributed by atoms with van der Waals surface area (Å²) in [5.41, 5.74) is 0. The first-order valence-electron chi connectivity index (χ1n) is 8.02. The van der Waals surface area contributed by atoms with Crippen molar-refractivity contribution < 1.29 is 19.1 Å². The standard InChI is InChI=1S/C16H28O4/c1-3-11-19-15(17)14(16(18)20-12-4-2)10-9-13-7-5-6-8-13/h13-14H,3-12H2,1-2H3. The van der Waals surface area contributed by atoms with Gasteiger partial charge in [-0.05, 0) is 31.6 Å². The average Bonchev–Trinajstić information content (AvgIpc) is 2.96. The first-order chi connectivity index (χ1) is 9.69. The van der Waals surface area contributed by atoms with E-state index in [-0.39, 0.29) is 0 Å². The highest BCUT2D eigenvalue weighted by atomic mass is 16.6. The quantitative estimate of drug-likeness (QED) is 0.480. The summed E-state index contributed by atoms with van der Waals surface area (Å²) in [7, 11) is 0. The second kappa shape index (κ2) is 9.78. The molecule has 1 saturated carbocycles. The predicted octanol–water partition coefficient (Wildman–Crippen LogP) is 3.48. The molecule has 1 fully saturated rings. The van der Waals surface area contributed by atoms with Crippen molar-refractivity contribution in [2.75, 3.05) is 13.2 Å². The Kier molecular flexibility index (Phi) is 8.31. The summed E-state index contributed by atoms with van der Waals surface area (Å²) in [5, 5.41) is 0. The van der Waals surface area contributed by atoms with E-state index in [1.807, 2.05) is 13.8 Å². The maximum atomic E-state index is 12.0. The van der Waals surface area contributed by atoms with Crippen LogP contribution in [0.3, 0.4) is 0 Å². The summed E-state index contributed by atoms with van der Waals surface area (Å²) in [6.07, 6.45) is 8.02. The third-order valence-electron chi connectivity index (χ3n) is 3.80.